The number of cyclic esters (lactones) is 1. The second kappa shape index (κ2) is 5.98. The second-order valence-electron chi connectivity index (χ2n) is 7.84. The van der Waals surface area contributed by atoms with Crippen molar-refractivity contribution in [3.63, 3.8) is 0 Å². The Kier molecular flexibility index (Phi) is 3.72. The molecular weight excluding hydrogens is 370 g/mol. The first kappa shape index (κ1) is 18.0. The number of carbonyl (C=O) groups excluding carboxylic acids is 1. The molecule has 2 aromatic heterocycles. The van der Waals surface area contributed by atoms with Gasteiger partial charge in [-0.1, -0.05) is 13.0 Å². The van der Waals surface area contributed by atoms with Crippen LogP contribution < -0.4 is 11.3 Å². The van der Waals surface area contributed by atoms with E-state index in [-0.39, 0.29) is 24.6 Å². The van der Waals surface area contributed by atoms with Crippen LogP contribution in [0.3, 0.4) is 0 Å². The summed E-state index contributed by atoms with van der Waals surface area (Å²) in [5, 5.41) is 11.9. The first-order valence-electron chi connectivity index (χ1n) is 9.70. The van der Waals surface area contributed by atoms with E-state index in [1.54, 1.807) is 17.6 Å². The number of aliphatic hydroxyl groups is 1. The minimum atomic E-state index is -1.81. The molecule has 1 aromatic carbocycles. The smallest absolute Gasteiger partial charge is 0.343 e. The van der Waals surface area contributed by atoms with Gasteiger partial charge in [-0.15, -0.1) is 0 Å². The molecule has 2 aliphatic rings. The molecule has 0 saturated heterocycles. The van der Waals surface area contributed by atoms with Gasteiger partial charge in [0.15, 0.2) is 5.60 Å². The Morgan fingerprint density at radius 1 is 1.31 bits per heavy atom. The van der Waals surface area contributed by atoms with Gasteiger partial charge in [-0.25, -0.2) is 9.78 Å². The largest absolute Gasteiger partial charge is 0.458 e. The van der Waals surface area contributed by atoms with Gasteiger partial charge in [0.1, 0.15) is 6.61 Å². The first-order chi connectivity index (χ1) is 13.8. The van der Waals surface area contributed by atoms with Gasteiger partial charge in [-0.2, -0.15) is 0 Å². The highest BCUT2D eigenvalue weighted by molar-refractivity contribution is 5.86. The highest BCUT2D eigenvalue weighted by Crippen LogP contribution is 2.38. The zero-order valence-electron chi connectivity index (χ0n) is 16.2. The maximum Gasteiger partial charge on any atom is 0.343 e. The summed E-state index contributed by atoms with van der Waals surface area (Å²) in [7, 11) is 0. The summed E-state index contributed by atoms with van der Waals surface area (Å²) in [4.78, 5) is 30.1. The molecule has 3 N–H and O–H groups in total. The number of esters is 1. The van der Waals surface area contributed by atoms with E-state index in [0.717, 1.165) is 22.0 Å². The number of pyridine rings is 2. The fourth-order valence-corrected chi connectivity index (χ4v) is 4.29. The van der Waals surface area contributed by atoms with Crippen LogP contribution in [0.25, 0.3) is 22.3 Å². The standard InChI is InChI=1S/C22H21N3O4/c1-3-22(28)16-8-18-19-14(9-25(18)20(26)15(16)10-29-21(22)27)7-13-6-12(11(2)23)4-5-17(13)24-19/h4-8,11,28H,3,9-10,23H2,1-2H3/t11?,22-/m0/s1. The van der Waals surface area contributed by atoms with E-state index in [0.29, 0.717) is 29.1 Å². The summed E-state index contributed by atoms with van der Waals surface area (Å²) in [5.41, 5.74) is 8.64. The molecule has 5 rings (SSSR count). The van der Waals surface area contributed by atoms with Crippen LogP contribution in [0.5, 0.6) is 0 Å². The predicted molar refractivity (Wildman–Crippen MR) is 107 cm³/mol. The number of carbonyl (C=O) groups is 1. The number of rotatable bonds is 2. The van der Waals surface area contributed by atoms with E-state index in [2.05, 4.69) is 0 Å². The van der Waals surface area contributed by atoms with Gasteiger partial charge in [0.25, 0.3) is 5.56 Å². The zero-order valence-corrected chi connectivity index (χ0v) is 16.2. The topological polar surface area (TPSA) is 107 Å². The molecular formula is C22H21N3O4. The number of aromatic nitrogens is 2. The highest BCUT2D eigenvalue weighted by Gasteiger charge is 2.45. The van der Waals surface area contributed by atoms with E-state index < -0.39 is 11.6 Å². The molecule has 0 aliphatic carbocycles. The third kappa shape index (κ3) is 2.41. The van der Waals surface area contributed by atoms with Crippen molar-refractivity contribution < 1.29 is 14.6 Å². The number of fused-ring (bicyclic) bond motifs is 5. The van der Waals surface area contributed by atoms with E-state index in [4.69, 9.17) is 15.5 Å². The van der Waals surface area contributed by atoms with Gasteiger partial charge in [0.2, 0.25) is 0 Å². The third-order valence-electron chi connectivity index (χ3n) is 6.06. The number of hydrogen-bond acceptors (Lipinski definition) is 6. The van der Waals surface area contributed by atoms with Crippen LogP contribution in [0.1, 0.15) is 48.6 Å². The van der Waals surface area contributed by atoms with Gasteiger partial charge in [0, 0.05) is 22.6 Å². The molecule has 0 saturated carbocycles. The van der Waals surface area contributed by atoms with Gasteiger partial charge in [0.05, 0.1) is 29.0 Å². The van der Waals surface area contributed by atoms with Gasteiger partial charge >= 0.3 is 5.97 Å². The van der Waals surface area contributed by atoms with Crippen molar-refractivity contribution in [3.05, 3.63) is 62.9 Å². The first-order valence-corrected chi connectivity index (χ1v) is 9.70. The van der Waals surface area contributed by atoms with Crippen molar-refractivity contribution in [2.45, 2.75) is 45.1 Å². The van der Waals surface area contributed by atoms with Crippen molar-refractivity contribution >= 4 is 16.9 Å². The lowest BCUT2D eigenvalue weighted by molar-refractivity contribution is -0.172. The fourth-order valence-electron chi connectivity index (χ4n) is 4.29. The van der Waals surface area contributed by atoms with Crippen LogP contribution in [0.4, 0.5) is 0 Å². The van der Waals surface area contributed by atoms with Crippen LogP contribution in [0, 0.1) is 0 Å². The fraction of sp³-hybridized carbons (Fsp3) is 0.318. The lowest BCUT2D eigenvalue weighted by Gasteiger charge is -2.31. The van der Waals surface area contributed by atoms with Crippen LogP contribution in [0.2, 0.25) is 0 Å². The highest BCUT2D eigenvalue weighted by atomic mass is 16.6. The average molecular weight is 391 g/mol. The molecule has 0 amide bonds. The maximum atomic E-state index is 13.1. The van der Waals surface area contributed by atoms with Crippen molar-refractivity contribution in [1.29, 1.82) is 0 Å². The number of benzene rings is 1. The van der Waals surface area contributed by atoms with Crippen molar-refractivity contribution in [3.8, 4) is 11.4 Å². The number of ether oxygens (including phenoxy) is 1. The SMILES string of the molecule is CC[C@@]1(O)C(=O)OCc2c1cc1n(c2=O)Cc2cc3cc(C(C)N)ccc3nc2-1. The van der Waals surface area contributed by atoms with E-state index in [1.807, 2.05) is 31.2 Å². The summed E-state index contributed by atoms with van der Waals surface area (Å²) in [5.74, 6) is -0.718. The Balaban J connectivity index is 1.74. The molecule has 2 atom stereocenters. The minimum absolute atomic E-state index is 0.0801. The molecule has 0 radical (unpaired) electrons. The van der Waals surface area contributed by atoms with Crippen molar-refractivity contribution in [2.75, 3.05) is 0 Å². The molecule has 7 nitrogen and oxygen atoms in total. The molecule has 0 fully saturated rings. The summed E-state index contributed by atoms with van der Waals surface area (Å²) in [6.45, 7) is 3.89. The Morgan fingerprint density at radius 2 is 2.10 bits per heavy atom. The van der Waals surface area contributed by atoms with Gasteiger partial charge < -0.3 is 20.1 Å². The van der Waals surface area contributed by atoms with Gasteiger partial charge in [-0.05, 0) is 43.2 Å². The van der Waals surface area contributed by atoms with E-state index in [9.17, 15) is 14.7 Å². The van der Waals surface area contributed by atoms with Crippen molar-refractivity contribution in [1.82, 2.24) is 9.55 Å². The summed E-state index contributed by atoms with van der Waals surface area (Å²) in [6.07, 6.45) is 0.125. The van der Waals surface area contributed by atoms with Crippen LogP contribution in [-0.4, -0.2) is 20.6 Å². The quantitative estimate of drug-likeness (QED) is 0.507. The molecule has 148 valence electrons. The number of nitrogens with two attached hydrogens (primary N) is 1. The molecule has 3 aromatic rings. The summed E-state index contributed by atoms with van der Waals surface area (Å²) in [6, 6.07) is 9.57. The normalized spacial score (nSPS) is 20.8. The Morgan fingerprint density at radius 3 is 2.83 bits per heavy atom. The van der Waals surface area contributed by atoms with Crippen LogP contribution >= 0.6 is 0 Å². The van der Waals surface area contributed by atoms with Crippen LogP contribution in [-0.2, 0) is 28.3 Å². The average Bonchev–Trinajstić information content (AvgIpc) is 3.07. The third-order valence-corrected chi connectivity index (χ3v) is 6.06. The molecule has 2 aliphatic heterocycles. The molecule has 7 heteroatoms. The number of hydrogen-bond donors (Lipinski definition) is 2. The van der Waals surface area contributed by atoms with E-state index in [1.165, 1.54) is 0 Å². The molecule has 0 spiro atoms. The Labute approximate surface area is 166 Å². The minimum Gasteiger partial charge on any atom is -0.458 e. The molecule has 4 heterocycles. The monoisotopic (exact) mass is 391 g/mol. The maximum absolute atomic E-state index is 13.1. The number of nitrogens with zero attached hydrogens (tertiary/aromatic N) is 2. The van der Waals surface area contributed by atoms with Crippen molar-refractivity contribution in [2.24, 2.45) is 5.73 Å². The van der Waals surface area contributed by atoms with E-state index >= 15 is 0 Å². The van der Waals surface area contributed by atoms with Gasteiger partial charge in [-0.3, -0.25) is 4.79 Å². The lowest BCUT2D eigenvalue weighted by atomic mass is 9.86. The Bertz CT molecular complexity index is 1260. The summed E-state index contributed by atoms with van der Waals surface area (Å²) >= 11 is 0. The molecule has 29 heavy (non-hydrogen) atoms. The molecule has 0 bridgehead atoms. The summed E-state index contributed by atoms with van der Waals surface area (Å²) < 4.78 is 6.73. The lowest BCUT2D eigenvalue weighted by Crippen LogP contribution is -2.44. The van der Waals surface area contributed by atoms with Crippen LogP contribution in [0.15, 0.2) is 35.1 Å². The predicted octanol–water partition coefficient (Wildman–Crippen LogP) is 2.10. The zero-order chi connectivity index (χ0) is 20.5. The second-order valence-corrected chi connectivity index (χ2v) is 7.84. The molecule has 1 unspecified atom stereocenters. The Hall–Kier alpha value is -3.03.